The van der Waals surface area contributed by atoms with Gasteiger partial charge in [-0.1, -0.05) is 12.1 Å². The number of piperazine rings is 1. The van der Waals surface area contributed by atoms with Crippen LogP contribution in [0.25, 0.3) is 0 Å². The van der Waals surface area contributed by atoms with Crippen LogP contribution in [0.1, 0.15) is 11.3 Å². The molecule has 0 atom stereocenters. The van der Waals surface area contributed by atoms with Crippen LogP contribution in [-0.2, 0) is 17.1 Å². The Balaban J connectivity index is 1.54. The average Bonchev–Trinajstić information content (AvgIpc) is 3.12. The first-order valence-corrected chi connectivity index (χ1v) is 9.38. The smallest absolute Gasteiger partial charge is 0.346 e. The van der Waals surface area contributed by atoms with E-state index in [9.17, 15) is 31.1 Å². The molecule has 3 rings (SSSR count). The van der Waals surface area contributed by atoms with Crippen molar-refractivity contribution in [1.29, 1.82) is 0 Å². The molecule has 0 spiro atoms. The highest BCUT2D eigenvalue weighted by molar-refractivity contribution is 7.13. The third-order valence-corrected chi connectivity index (χ3v) is 5.20. The molecule has 1 amide bonds. The van der Waals surface area contributed by atoms with Gasteiger partial charge in [-0.2, -0.15) is 26.3 Å². The first kappa shape index (κ1) is 21.4. The van der Waals surface area contributed by atoms with Gasteiger partial charge in [0.2, 0.25) is 5.91 Å². The van der Waals surface area contributed by atoms with E-state index < -0.39 is 29.5 Å². The molecule has 1 saturated heterocycles. The molecular weight excluding hydrogens is 422 g/mol. The van der Waals surface area contributed by atoms with Gasteiger partial charge in [0, 0.05) is 31.6 Å². The molecule has 0 saturated carbocycles. The number of rotatable bonds is 4. The van der Waals surface area contributed by atoms with Crippen molar-refractivity contribution in [3.8, 4) is 0 Å². The molecular formula is C17H16F6N4OS. The lowest BCUT2D eigenvalue weighted by Gasteiger charge is -2.34. The number of para-hydroxylation sites is 1. The topological polar surface area (TPSA) is 48.5 Å². The van der Waals surface area contributed by atoms with Crippen LogP contribution in [0.15, 0.2) is 29.6 Å². The number of nitrogens with one attached hydrogen (secondary N) is 1. The lowest BCUT2D eigenvalue weighted by molar-refractivity contribution is -0.140. The summed E-state index contributed by atoms with van der Waals surface area (Å²) in [5, 5.41) is 3.48. The van der Waals surface area contributed by atoms with Gasteiger partial charge in [0.25, 0.3) is 0 Å². The van der Waals surface area contributed by atoms with Crippen molar-refractivity contribution in [3.63, 3.8) is 0 Å². The van der Waals surface area contributed by atoms with Crippen molar-refractivity contribution >= 4 is 28.1 Å². The standard InChI is InChI=1S/C17H16F6N4OS/c18-16(19,20)11-3-1-2-4-12(11)24-14(28)9-26-5-7-27(8-6-26)15-25-13(10-29-15)17(21,22)23/h1-4,10H,5-9H2,(H,24,28). The highest BCUT2D eigenvalue weighted by Crippen LogP contribution is 2.35. The van der Waals surface area contributed by atoms with Crippen LogP contribution in [0, 0.1) is 0 Å². The van der Waals surface area contributed by atoms with Gasteiger partial charge in [-0.3, -0.25) is 9.69 Å². The number of alkyl halides is 6. The molecule has 2 aromatic rings. The molecule has 1 aliphatic heterocycles. The minimum Gasteiger partial charge on any atom is -0.346 e. The fourth-order valence-corrected chi connectivity index (χ4v) is 3.76. The van der Waals surface area contributed by atoms with E-state index >= 15 is 0 Å². The van der Waals surface area contributed by atoms with E-state index in [0.29, 0.717) is 26.2 Å². The Bertz CT molecular complexity index is 858. The number of benzene rings is 1. The lowest BCUT2D eigenvalue weighted by Crippen LogP contribution is -2.48. The minimum absolute atomic E-state index is 0.119. The van der Waals surface area contributed by atoms with Gasteiger partial charge >= 0.3 is 12.4 Å². The number of carbonyl (C=O) groups is 1. The molecule has 0 unspecified atom stereocenters. The average molecular weight is 438 g/mol. The number of hydrogen-bond donors (Lipinski definition) is 1. The molecule has 5 nitrogen and oxygen atoms in total. The first-order valence-electron chi connectivity index (χ1n) is 8.50. The molecule has 1 fully saturated rings. The molecule has 1 aromatic heterocycles. The Kier molecular flexibility index (Phi) is 6.03. The molecule has 0 radical (unpaired) electrons. The number of amides is 1. The third kappa shape index (κ3) is 5.38. The number of hydrogen-bond acceptors (Lipinski definition) is 5. The van der Waals surface area contributed by atoms with Crippen molar-refractivity contribution in [3.05, 3.63) is 40.9 Å². The summed E-state index contributed by atoms with van der Waals surface area (Å²) in [5.41, 5.74) is -2.18. The minimum atomic E-state index is -4.58. The molecule has 29 heavy (non-hydrogen) atoms. The summed E-state index contributed by atoms with van der Waals surface area (Å²) in [4.78, 5) is 19.2. The number of thiazole rings is 1. The second kappa shape index (κ2) is 8.19. The van der Waals surface area contributed by atoms with E-state index in [0.717, 1.165) is 22.8 Å². The molecule has 2 heterocycles. The van der Waals surface area contributed by atoms with Crippen molar-refractivity contribution in [2.45, 2.75) is 12.4 Å². The van der Waals surface area contributed by atoms with Crippen LogP contribution >= 0.6 is 11.3 Å². The predicted molar refractivity (Wildman–Crippen MR) is 95.8 cm³/mol. The van der Waals surface area contributed by atoms with E-state index in [-0.39, 0.29) is 17.4 Å². The normalized spacial score (nSPS) is 16.1. The first-order chi connectivity index (χ1) is 13.5. The Hall–Kier alpha value is -2.34. The largest absolute Gasteiger partial charge is 0.434 e. The van der Waals surface area contributed by atoms with E-state index in [1.54, 1.807) is 9.80 Å². The van der Waals surface area contributed by atoms with Crippen LogP contribution in [0.4, 0.5) is 37.2 Å². The van der Waals surface area contributed by atoms with Gasteiger partial charge in [-0.25, -0.2) is 4.98 Å². The molecule has 158 valence electrons. The number of halogens is 6. The Labute approximate surface area is 165 Å². The summed E-state index contributed by atoms with van der Waals surface area (Å²) in [6.45, 7) is 1.34. The van der Waals surface area contributed by atoms with Gasteiger partial charge in [-0.15, -0.1) is 11.3 Å². The summed E-state index contributed by atoms with van der Waals surface area (Å²) in [6.07, 6.45) is -9.08. The Morgan fingerprint density at radius 3 is 2.28 bits per heavy atom. The maximum Gasteiger partial charge on any atom is 0.434 e. The van der Waals surface area contributed by atoms with E-state index in [1.807, 2.05) is 0 Å². The van der Waals surface area contributed by atoms with Crippen molar-refractivity contribution in [2.75, 3.05) is 42.9 Å². The predicted octanol–water partition coefficient (Wildman–Crippen LogP) is 3.94. The van der Waals surface area contributed by atoms with Gasteiger partial charge in [-0.05, 0) is 12.1 Å². The molecule has 1 aromatic carbocycles. The van der Waals surface area contributed by atoms with Crippen molar-refractivity contribution < 1.29 is 31.1 Å². The number of anilines is 2. The summed E-state index contributed by atoms with van der Waals surface area (Å²) in [7, 11) is 0. The fraction of sp³-hybridized carbons (Fsp3) is 0.412. The zero-order valence-electron chi connectivity index (χ0n) is 14.8. The lowest BCUT2D eigenvalue weighted by atomic mass is 10.1. The summed E-state index contributed by atoms with van der Waals surface area (Å²) in [6, 6.07) is 4.70. The Morgan fingerprint density at radius 1 is 1.03 bits per heavy atom. The van der Waals surface area contributed by atoms with Crippen LogP contribution in [0.5, 0.6) is 0 Å². The number of carbonyl (C=O) groups excluding carboxylic acids is 1. The van der Waals surface area contributed by atoms with Crippen LogP contribution < -0.4 is 10.2 Å². The molecule has 1 N–H and O–H groups in total. The van der Waals surface area contributed by atoms with Crippen LogP contribution in [0.3, 0.4) is 0 Å². The maximum atomic E-state index is 13.0. The van der Waals surface area contributed by atoms with Gasteiger partial charge in [0.05, 0.1) is 17.8 Å². The monoisotopic (exact) mass is 438 g/mol. The zero-order chi connectivity index (χ0) is 21.2. The second-order valence-electron chi connectivity index (χ2n) is 6.37. The number of aromatic nitrogens is 1. The maximum absolute atomic E-state index is 13.0. The molecule has 0 bridgehead atoms. The van der Waals surface area contributed by atoms with Gasteiger partial charge < -0.3 is 10.2 Å². The zero-order valence-corrected chi connectivity index (χ0v) is 15.7. The molecule has 12 heteroatoms. The van der Waals surface area contributed by atoms with Gasteiger partial charge in [0.15, 0.2) is 10.8 Å². The third-order valence-electron chi connectivity index (χ3n) is 4.30. The summed E-state index contributed by atoms with van der Waals surface area (Å²) in [5.74, 6) is -0.594. The van der Waals surface area contributed by atoms with Crippen LogP contribution in [-0.4, -0.2) is 48.5 Å². The summed E-state index contributed by atoms with van der Waals surface area (Å²) >= 11 is 0.894. The van der Waals surface area contributed by atoms with Gasteiger partial charge in [0.1, 0.15) is 0 Å². The van der Waals surface area contributed by atoms with Crippen molar-refractivity contribution in [2.24, 2.45) is 0 Å². The van der Waals surface area contributed by atoms with E-state index in [2.05, 4.69) is 10.3 Å². The Morgan fingerprint density at radius 2 is 1.69 bits per heavy atom. The van der Waals surface area contributed by atoms with Crippen molar-refractivity contribution in [1.82, 2.24) is 9.88 Å². The summed E-state index contributed by atoms with van der Waals surface area (Å²) < 4.78 is 77.0. The van der Waals surface area contributed by atoms with E-state index in [1.165, 1.54) is 18.2 Å². The fourth-order valence-electron chi connectivity index (χ4n) is 2.87. The highest BCUT2D eigenvalue weighted by atomic mass is 32.1. The SMILES string of the molecule is O=C(CN1CCN(c2nc(C(F)(F)F)cs2)CC1)Nc1ccccc1C(F)(F)F. The molecule has 0 aliphatic carbocycles. The quantitative estimate of drug-likeness (QED) is 0.735. The van der Waals surface area contributed by atoms with Crippen LogP contribution in [0.2, 0.25) is 0 Å². The highest BCUT2D eigenvalue weighted by Gasteiger charge is 2.35. The second-order valence-corrected chi connectivity index (χ2v) is 7.20. The van der Waals surface area contributed by atoms with E-state index in [4.69, 9.17) is 0 Å². The number of nitrogens with zero attached hydrogens (tertiary/aromatic N) is 3. The molecule has 1 aliphatic rings.